The first-order valence-electron chi connectivity index (χ1n) is 11.4. The average Bonchev–Trinajstić information content (AvgIpc) is 2.89. The number of carbonyl (C=O) groups is 3. The zero-order valence-corrected chi connectivity index (χ0v) is 21.1. The molecule has 0 aliphatic carbocycles. The Labute approximate surface area is 223 Å². The van der Waals surface area contributed by atoms with Crippen LogP contribution in [0.3, 0.4) is 0 Å². The molecule has 4 aromatic carbocycles. The number of rotatable bonds is 9. The summed E-state index contributed by atoms with van der Waals surface area (Å²) in [4.78, 5) is 37.8. The quantitative estimate of drug-likeness (QED) is 0.209. The number of amides is 2. The SMILES string of the molecule is O=C(Cc1ccc(Cl)cc1)Nc1cccc(SC(C(=O)Nc2ccc(C(=O)O)cc2)c2ccccc2)c1. The lowest BCUT2D eigenvalue weighted by Crippen LogP contribution is -2.19. The molecule has 8 heteroatoms. The number of carbonyl (C=O) groups excluding carboxylic acids is 2. The number of halogens is 1. The minimum Gasteiger partial charge on any atom is -0.478 e. The molecule has 2 amide bonds. The molecule has 186 valence electrons. The Hall–Kier alpha value is -4.07. The third-order valence-corrected chi connectivity index (χ3v) is 6.89. The topological polar surface area (TPSA) is 95.5 Å². The van der Waals surface area contributed by atoms with Gasteiger partial charge in [-0.1, -0.05) is 60.1 Å². The maximum absolute atomic E-state index is 13.3. The van der Waals surface area contributed by atoms with E-state index < -0.39 is 11.2 Å². The van der Waals surface area contributed by atoms with Crippen LogP contribution in [0.15, 0.2) is 108 Å². The Kier molecular flexibility index (Phi) is 8.61. The van der Waals surface area contributed by atoms with Crippen molar-refractivity contribution < 1.29 is 19.5 Å². The third kappa shape index (κ3) is 7.46. The molecule has 4 rings (SSSR count). The number of aromatic carboxylic acids is 1. The molecule has 1 atom stereocenters. The van der Waals surface area contributed by atoms with E-state index in [0.717, 1.165) is 16.0 Å². The highest BCUT2D eigenvalue weighted by Gasteiger charge is 2.22. The van der Waals surface area contributed by atoms with Gasteiger partial charge in [0.15, 0.2) is 0 Å². The summed E-state index contributed by atoms with van der Waals surface area (Å²) in [6.45, 7) is 0. The number of thioether (sulfide) groups is 1. The minimum absolute atomic E-state index is 0.141. The summed E-state index contributed by atoms with van der Waals surface area (Å²) in [5, 5.41) is 14.9. The van der Waals surface area contributed by atoms with Gasteiger partial charge in [0.05, 0.1) is 12.0 Å². The van der Waals surface area contributed by atoms with Crippen LogP contribution in [0.5, 0.6) is 0 Å². The molecule has 0 aliphatic rings. The molecule has 3 N–H and O–H groups in total. The van der Waals surface area contributed by atoms with Crippen molar-refractivity contribution in [3.8, 4) is 0 Å². The smallest absolute Gasteiger partial charge is 0.335 e. The Balaban J connectivity index is 1.48. The monoisotopic (exact) mass is 530 g/mol. The maximum Gasteiger partial charge on any atom is 0.335 e. The van der Waals surface area contributed by atoms with Gasteiger partial charge in [0.2, 0.25) is 11.8 Å². The lowest BCUT2D eigenvalue weighted by atomic mass is 10.1. The number of benzene rings is 4. The van der Waals surface area contributed by atoms with Crippen LogP contribution in [0.2, 0.25) is 5.02 Å². The Morgan fingerprint density at radius 1 is 0.784 bits per heavy atom. The molecular formula is C29H23ClN2O4S. The van der Waals surface area contributed by atoms with Crippen molar-refractivity contribution in [3.05, 3.63) is 125 Å². The third-order valence-electron chi connectivity index (χ3n) is 5.39. The summed E-state index contributed by atoms with van der Waals surface area (Å²) in [7, 11) is 0. The second-order valence-corrected chi connectivity index (χ2v) is 9.77. The molecule has 37 heavy (non-hydrogen) atoms. The number of hydrogen-bond acceptors (Lipinski definition) is 4. The predicted molar refractivity (Wildman–Crippen MR) is 147 cm³/mol. The number of anilines is 2. The Morgan fingerprint density at radius 2 is 1.49 bits per heavy atom. The van der Waals surface area contributed by atoms with E-state index >= 15 is 0 Å². The first-order chi connectivity index (χ1) is 17.9. The number of carboxylic acid groups (broad SMARTS) is 1. The number of nitrogens with one attached hydrogen (secondary N) is 2. The van der Waals surface area contributed by atoms with Crippen LogP contribution in [0.1, 0.15) is 26.7 Å². The molecular weight excluding hydrogens is 508 g/mol. The molecule has 0 saturated heterocycles. The zero-order chi connectivity index (χ0) is 26.2. The van der Waals surface area contributed by atoms with Crippen molar-refractivity contribution >= 4 is 52.5 Å². The van der Waals surface area contributed by atoms with E-state index in [1.54, 1.807) is 30.3 Å². The summed E-state index contributed by atoms with van der Waals surface area (Å²) in [6, 6.07) is 29.8. The predicted octanol–water partition coefficient (Wildman–Crippen LogP) is 6.69. The summed E-state index contributed by atoms with van der Waals surface area (Å²) in [6.07, 6.45) is 0.213. The molecule has 0 aromatic heterocycles. The summed E-state index contributed by atoms with van der Waals surface area (Å²) in [5.74, 6) is -1.45. The fourth-order valence-electron chi connectivity index (χ4n) is 3.58. The largest absolute Gasteiger partial charge is 0.478 e. The first-order valence-corrected chi connectivity index (χ1v) is 12.6. The van der Waals surface area contributed by atoms with Gasteiger partial charge >= 0.3 is 5.97 Å². The standard InChI is InChI=1S/C29H23ClN2O4S/c30-22-13-9-19(10-14-22)17-26(33)31-24-7-4-8-25(18-24)37-27(20-5-2-1-3-6-20)28(34)32-23-15-11-21(12-16-23)29(35)36/h1-16,18,27H,17H2,(H,31,33)(H,32,34)(H,35,36). The fourth-order valence-corrected chi connectivity index (χ4v) is 4.79. The lowest BCUT2D eigenvalue weighted by Gasteiger charge is -2.18. The summed E-state index contributed by atoms with van der Waals surface area (Å²) >= 11 is 7.27. The van der Waals surface area contributed by atoms with Crippen LogP contribution in [-0.2, 0) is 16.0 Å². The van der Waals surface area contributed by atoms with Gasteiger partial charge in [0.25, 0.3) is 0 Å². The van der Waals surface area contributed by atoms with E-state index in [-0.39, 0.29) is 23.8 Å². The van der Waals surface area contributed by atoms with E-state index in [4.69, 9.17) is 16.7 Å². The van der Waals surface area contributed by atoms with Gasteiger partial charge in [-0.25, -0.2) is 4.79 Å². The van der Waals surface area contributed by atoms with Gasteiger partial charge in [-0.15, -0.1) is 11.8 Å². The van der Waals surface area contributed by atoms with Crippen LogP contribution in [0, 0.1) is 0 Å². The number of hydrogen-bond donors (Lipinski definition) is 3. The van der Waals surface area contributed by atoms with Crippen LogP contribution in [0.4, 0.5) is 11.4 Å². The van der Waals surface area contributed by atoms with Crippen LogP contribution in [0.25, 0.3) is 0 Å². The Morgan fingerprint density at radius 3 is 2.16 bits per heavy atom. The normalized spacial score (nSPS) is 11.4. The van der Waals surface area contributed by atoms with E-state index in [1.165, 1.54) is 23.9 Å². The van der Waals surface area contributed by atoms with Crippen LogP contribution < -0.4 is 10.6 Å². The van der Waals surface area contributed by atoms with Gasteiger partial charge < -0.3 is 15.7 Å². The summed E-state index contributed by atoms with van der Waals surface area (Å²) < 4.78 is 0. The van der Waals surface area contributed by atoms with Gasteiger partial charge in [-0.3, -0.25) is 9.59 Å². The van der Waals surface area contributed by atoms with Gasteiger partial charge in [-0.05, 0) is 65.7 Å². The second kappa shape index (κ2) is 12.3. The average molecular weight is 531 g/mol. The molecule has 6 nitrogen and oxygen atoms in total. The lowest BCUT2D eigenvalue weighted by molar-refractivity contribution is -0.116. The molecule has 0 bridgehead atoms. The highest BCUT2D eigenvalue weighted by Crippen LogP contribution is 2.37. The van der Waals surface area contributed by atoms with Crippen molar-refractivity contribution in [2.24, 2.45) is 0 Å². The fraction of sp³-hybridized carbons (Fsp3) is 0.0690. The molecule has 0 fully saturated rings. The maximum atomic E-state index is 13.3. The molecule has 0 saturated carbocycles. The van der Waals surface area contributed by atoms with Gasteiger partial charge in [-0.2, -0.15) is 0 Å². The molecule has 4 aromatic rings. The van der Waals surface area contributed by atoms with E-state index in [9.17, 15) is 14.4 Å². The van der Waals surface area contributed by atoms with Crippen LogP contribution >= 0.6 is 23.4 Å². The Bertz CT molecular complexity index is 1390. The minimum atomic E-state index is -1.03. The molecule has 0 heterocycles. The van der Waals surface area contributed by atoms with Crippen LogP contribution in [-0.4, -0.2) is 22.9 Å². The highest BCUT2D eigenvalue weighted by molar-refractivity contribution is 8.00. The zero-order valence-electron chi connectivity index (χ0n) is 19.6. The number of carboxylic acids is 1. The highest BCUT2D eigenvalue weighted by atomic mass is 35.5. The van der Waals surface area contributed by atoms with Gasteiger partial charge in [0.1, 0.15) is 5.25 Å². The van der Waals surface area contributed by atoms with E-state index in [0.29, 0.717) is 16.4 Å². The summed E-state index contributed by atoms with van der Waals surface area (Å²) in [5.41, 5.74) is 2.93. The molecule has 0 radical (unpaired) electrons. The van der Waals surface area contributed by atoms with Crippen molar-refractivity contribution in [1.29, 1.82) is 0 Å². The molecule has 0 aliphatic heterocycles. The van der Waals surface area contributed by atoms with E-state index in [2.05, 4.69) is 10.6 Å². The molecule has 1 unspecified atom stereocenters. The van der Waals surface area contributed by atoms with E-state index in [1.807, 2.05) is 60.7 Å². The van der Waals surface area contributed by atoms with Crippen molar-refractivity contribution in [2.75, 3.05) is 10.6 Å². The van der Waals surface area contributed by atoms with Crippen molar-refractivity contribution in [3.63, 3.8) is 0 Å². The first kappa shape index (κ1) is 26.0. The van der Waals surface area contributed by atoms with Gasteiger partial charge in [0, 0.05) is 21.3 Å². The van der Waals surface area contributed by atoms with Crippen molar-refractivity contribution in [2.45, 2.75) is 16.6 Å². The second-order valence-electron chi connectivity index (χ2n) is 8.16. The molecule has 0 spiro atoms. The van der Waals surface area contributed by atoms with Crippen molar-refractivity contribution in [1.82, 2.24) is 0 Å².